The molecule has 0 spiro atoms. The van der Waals surface area contributed by atoms with Gasteiger partial charge in [0.25, 0.3) is 0 Å². The molecule has 1 N–H and O–H groups in total. The molecule has 17 heavy (non-hydrogen) atoms. The number of hydrogen-bond donors (Lipinski definition) is 1. The zero-order valence-electron chi connectivity index (χ0n) is 8.74. The molecule has 0 fully saturated rings. The Balaban J connectivity index is 2.25. The Morgan fingerprint density at radius 3 is 2.71 bits per heavy atom. The number of aromatic amines is 1. The molecule has 0 amide bonds. The molecule has 0 unspecified atom stereocenters. The maximum absolute atomic E-state index is 11.2. The van der Waals surface area contributed by atoms with Gasteiger partial charge in [-0.25, -0.2) is 0 Å². The number of para-hydroxylation sites is 1. The third-order valence-corrected chi connectivity index (χ3v) is 2.83. The molecule has 3 rings (SSSR count). The smallest absolute Gasteiger partial charge is 0.248 e. The molecule has 0 aliphatic heterocycles. The number of nitrogens with one attached hydrogen (secondary N) is 1. The van der Waals surface area contributed by atoms with Gasteiger partial charge >= 0.3 is 0 Å². The number of halogens is 1. The van der Waals surface area contributed by atoms with Crippen molar-refractivity contribution < 1.29 is 4.42 Å². The van der Waals surface area contributed by atoms with Gasteiger partial charge in [-0.2, -0.15) is 0 Å². The lowest BCUT2D eigenvalue weighted by atomic mass is 10.2. The second kappa shape index (κ2) is 3.79. The summed E-state index contributed by atoms with van der Waals surface area (Å²) >= 11 is 6.02. The van der Waals surface area contributed by atoms with Crippen molar-refractivity contribution in [2.45, 2.75) is 0 Å². The summed E-state index contributed by atoms with van der Waals surface area (Å²) in [5, 5.41) is 1.48. The largest absolute Gasteiger partial charge is 0.453 e. The fourth-order valence-electron chi connectivity index (χ4n) is 1.75. The highest BCUT2D eigenvalue weighted by Gasteiger charge is 2.08. The first kappa shape index (κ1) is 10.2. The highest BCUT2D eigenvalue weighted by Crippen LogP contribution is 2.30. The first-order chi connectivity index (χ1) is 8.24. The van der Waals surface area contributed by atoms with Crippen LogP contribution in [-0.2, 0) is 0 Å². The van der Waals surface area contributed by atoms with Gasteiger partial charge in [-0.15, -0.1) is 0 Å². The van der Waals surface area contributed by atoms with Crippen LogP contribution in [0, 0.1) is 0 Å². The van der Waals surface area contributed by atoms with Gasteiger partial charge in [0.05, 0.1) is 10.7 Å². The van der Waals surface area contributed by atoms with Crippen molar-refractivity contribution in [3.8, 4) is 11.5 Å². The van der Waals surface area contributed by atoms with E-state index in [4.69, 9.17) is 16.0 Å². The van der Waals surface area contributed by atoms with E-state index in [0.717, 1.165) is 5.39 Å². The maximum Gasteiger partial charge on any atom is 0.248 e. The normalized spacial score (nSPS) is 10.9. The van der Waals surface area contributed by atoms with Crippen molar-refractivity contribution in [3.63, 3.8) is 0 Å². The minimum absolute atomic E-state index is 0.158. The SMILES string of the molecule is O=c1cccc(-c2cc3cccc(Cl)c3o2)[nH]1. The van der Waals surface area contributed by atoms with Crippen LogP contribution in [0.2, 0.25) is 5.02 Å². The van der Waals surface area contributed by atoms with Crippen molar-refractivity contribution in [2.75, 3.05) is 0 Å². The number of pyridine rings is 1. The Kier molecular flexibility index (Phi) is 2.27. The number of hydrogen-bond acceptors (Lipinski definition) is 2. The number of furan rings is 1. The van der Waals surface area contributed by atoms with Crippen LogP contribution in [0.3, 0.4) is 0 Å². The zero-order valence-corrected chi connectivity index (χ0v) is 9.49. The summed E-state index contributed by atoms with van der Waals surface area (Å²) in [6.45, 7) is 0. The standard InChI is InChI=1S/C13H8ClNO2/c14-9-4-1-3-8-7-11(17-13(8)9)10-5-2-6-12(16)15-10/h1-7H,(H,15,16). The molecule has 0 aliphatic rings. The van der Waals surface area contributed by atoms with Crippen LogP contribution < -0.4 is 5.56 Å². The molecule has 0 atom stereocenters. The average Bonchev–Trinajstić information content (AvgIpc) is 2.74. The Bertz CT molecular complexity index is 742. The van der Waals surface area contributed by atoms with E-state index in [1.165, 1.54) is 6.07 Å². The van der Waals surface area contributed by atoms with Gasteiger partial charge in [0, 0.05) is 11.5 Å². The average molecular weight is 246 g/mol. The molecule has 4 heteroatoms. The summed E-state index contributed by atoms with van der Waals surface area (Å²) in [6.07, 6.45) is 0. The van der Waals surface area contributed by atoms with Crippen LogP contribution >= 0.6 is 11.6 Å². The summed E-state index contributed by atoms with van der Waals surface area (Å²) in [7, 11) is 0. The first-order valence-corrected chi connectivity index (χ1v) is 5.49. The van der Waals surface area contributed by atoms with E-state index in [1.54, 1.807) is 18.2 Å². The molecule has 0 saturated carbocycles. The van der Waals surface area contributed by atoms with Crippen molar-refractivity contribution in [3.05, 3.63) is 57.8 Å². The lowest BCUT2D eigenvalue weighted by molar-refractivity contribution is 0.628. The molecule has 0 saturated heterocycles. The van der Waals surface area contributed by atoms with Crippen molar-refractivity contribution in [1.29, 1.82) is 0 Å². The Labute approximate surface area is 102 Å². The Morgan fingerprint density at radius 1 is 1.12 bits per heavy atom. The second-order valence-corrected chi connectivity index (χ2v) is 4.10. The lowest BCUT2D eigenvalue weighted by Crippen LogP contribution is -2.02. The van der Waals surface area contributed by atoms with Crippen LogP contribution in [0.1, 0.15) is 0 Å². The number of aromatic nitrogens is 1. The molecule has 0 bridgehead atoms. The van der Waals surface area contributed by atoms with E-state index >= 15 is 0 Å². The second-order valence-electron chi connectivity index (χ2n) is 3.70. The van der Waals surface area contributed by atoms with E-state index in [1.807, 2.05) is 18.2 Å². The minimum atomic E-state index is -0.158. The van der Waals surface area contributed by atoms with Crippen LogP contribution in [-0.4, -0.2) is 4.98 Å². The van der Waals surface area contributed by atoms with Gasteiger partial charge in [-0.1, -0.05) is 29.8 Å². The Morgan fingerprint density at radius 2 is 1.94 bits per heavy atom. The number of benzene rings is 1. The zero-order chi connectivity index (χ0) is 11.8. The van der Waals surface area contributed by atoms with Gasteiger partial charge in [0.15, 0.2) is 11.3 Å². The lowest BCUT2D eigenvalue weighted by Gasteiger charge is -1.94. The predicted molar refractivity (Wildman–Crippen MR) is 67.3 cm³/mol. The summed E-state index contributed by atoms with van der Waals surface area (Å²) in [6, 6.07) is 12.3. The molecular formula is C13H8ClNO2. The summed E-state index contributed by atoms with van der Waals surface area (Å²) in [4.78, 5) is 13.9. The van der Waals surface area contributed by atoms with Crippen molar-refractivity contribution in [1.82, 2.24) is 4.98 Å². The van der Waals surface area contributed by atoms with Crippen molar-refractivity contribution >= 4 is 22.6 Å². The predicted octanol–water partition coefficient (Wildman–Crippen LogP) is 3.44. The van der Waals surface area contributed by atoms with Gasteiger partial charge in [-0.05, 0) is 18.2 Å². The molecule has 2 heterocycles. The molecule has 3 nitrogen and oxygen atoms in total. The van der Waals surface area contributed by atoms with Gasteiger partial charge in [0.2, 0.25) is 5.56 Å². The molecular weight excluding hydrogens is 238 g/mol. The molecule has 84 valence electrons. The maximum atomic E-state index is 11.2. The van der Waals surface area contributed by atoms with Gasteiger partial charge in [0.1, 0.15) is 0 Å². The third-order valence-electron chi connectivity index (χ3n) is 2.53. The number of H-pyrrole nitrogens is 1. The topological polar surface area (TPSA) is 46.0 Å². The van der Waals surface area contributed by atoms with E-state index < -0.39 is 0 Å². The summed E-state index contributed by atoms with van der Waals surface area (Å²) < 4.78 is 5.64. The van der Waals surface area contributed by atoms with Gasteiger partial charge < -0.3 is 9.40 Å². The first-order valence-electron chi connectivity index (χ1n) is 5.12. The fraction of sp³-hybridized carbons (Fsp3) is 0. The quantitative estimate of drug-likeness (QED) is 0.714. The van der Waals surface area contributed by atoms with Crippen LogP contribution in [0.5, 0.6) is 0 Å². The monoisotopic (exact) mass is 245 g/mol. The number of fused-ring (bicyclic) bond motifs is 1. The van der Waals surface area contributed by atoms with E-state index in [2.05, 4.69) is 4.98 Å². The molecule has 0 aliphatic carbocycles. The van der Waals surface area contributed by atoms with E-state index in [9.17, 15) is 4.79 Å². The van der Waals surface area contributed by atoms with Gasteiger partial charge in [-0.3, -0.25) is 4.79 Å². The molecule has 1 aromatic carbocycles. The highest BCUT2D eigenvalue weighted by molar-refractivity contribution is 6.34. The minimum Gasteiger partial charge on any atom is -0.453 e. The van der Waals surface area contributed by atoms with E-state index in [0.29, 0.717) is 22.1 Å². The fourth-order valence-corrected chi connectivity index (χ4v) is 1.97. The van der Waals surface area contributed by atoms with Crippen molar-refractivity contribution in [2.24, 2.45) is 0 Å². The third kappa shape index (κ3) is 1.74. The summed E-state index contributed by atoms with van der Waals surface area (Å²) in [5.41, 5.74) is 1.12. The van der Waals surface area contributed by atoms with Crippen LogP contribution in [0.25, 0.3) is 22.4 Å². The summed E-state index contributed by atoms with van der Waals surface area (Å²) in [5.74, 6) is 0.603. The van der Waals surface area contributed by atoms with E-state index in [-0.39, 0.29) is 5.56 Å². The highest BCUT2D eigenvalue weighted by atomic mass is 35.5. The number of rotatable bonds is 1. The molecule has 2 aromatic heterocycles. The molecule has 3 aromatic rings. The van der Waals surface area contributed by atoms with Crippen LogP contribution in [0.4, 0.5) is 0 Å². The molecule has 0 radical (unpaired) electrons. The van der Waals surface area contributed by atoms with Crippen LogP contribution in [0.15, 0.2) is 51.7 Å². The Hall–Kier alpha value is -2.00.